The van der Waals surface area contributed by atoms with Crippen molar-refractivity contribution >= 4 is 0 Å². The number of rotatable bonds is 24. The van der Waals surface area contributed by atoms with Crippen LogP contribution in [0.5, 0.6) is 0 Å². The molecule has 0 saturated carbocycles. The lowest BCUT2D eigenvalue weighted by Gasteiger charge is -2.34. The molecule has 34 heavy (non-hydrogen) atoms. The Hall–Kier alpha value is 0.840. The van der Waals surface area contributed by atoms with E-state index in [2.05, 4.69) is 54.0 Å². The maximum absolute atomic E-state index is 2.57. The van der Waals surface area contributed by atoms with Gasteiger partial charge in [-0.25, -0.2) is 0 Å². The van der Waals surface area contributed by atoms with Crippen LogP contribution in [0.2, 0.25) is 0 Å². The highest BCUT2D eigenvalue weighted by Gasteiger charge is 2.18. The molecule has 0 aromatic carbocycles. The van der Waals surface area contributed by atoms with Crippen LogP contribution in [0, 0.1) is 0 Å². The molecule has 0 rings (SSSR count). The van der Waals surface area contributed by atoms with Gasteiger partial charge in [0.25, 0.3) is 0 Å². The van der Waals surface area contributed by atoms with Crippen molar-refractivity contribution in [1.29, 1.82) is 0 Å². The zero-order valence-corrected chi connectivity index (χ0v) is 27.8. The summed E-state index contributed by atoms with van der Waals surface area (Å²) in [6.07, 6.45) is 22.8. The molecule has 0 amide bonds. The van der Waals surface area contributed by atoms with Gasteiger partial charge in [0.1, 0.15) is 0 Å². The Morgan fingerprint density at radius 1 is 0.412 bits per heavy atom. The lowest BCUT2D eigenvalue weighted by atomic mass is 10.1. The highest BCUT2D eigenvalue weighted by molar-refractivity contribution is 4.53. The van der Waals surface area contributed by atoms with Crippen molar-refractivity contribution in [2.75, 3.05) is 74.5 Å². The largest absolute Gasteiger partial charge is 1.00 e. The monoisotopic (exact) mass is 613 g/mol. The highest BCUT2D eigenvalue weighted by Crippen LogP contribution is 2.12. The summed E-state index contributed by atoms with van der Waals surface area (Å²) in [7, 11) is 12.0. The molecule has 0 N–H and O–H groups in total. The number of likely N-dealkylation sites (N-methyl/N-ethyl adjacent to an activating group) is 3. The first-order valence-electron chi connectivity index (χ1n) is 14.5. The molecular formula is C29H65Br2N3. The minimum absolute atomic E-state index is 0. The Bertz CT molecular complexity index is 367. The van der Waals surface area contributed by atoms with Gasteiger partial charge in [-0.2, -0.15) is 0 Å². The number of hydrogen-bond acceptors (Lipinski definition) is 1. The third-order valence-electron chi connectivity index (χ3n) is 7.41. The minimum atomic E-state index is 0. The summed E-state index contributed by atoms with van der Waals surface area (Å²) in [6, 6.07) is 0. The third kappa shape index (κ3) is 27.4. The Morgan fingerprint density at radius 3 is 0.971 bits per heavy atom. The second-order valence-electron chi connectivity index (χ2n) is 12.0. The van der Waals surface area contributed by atoms with Crippen molar-refractivity contribution in [3.8, 4) is 0 Å². The van der Waals surface area contributed by atoms with E-state index < -0.39 is 0 Å². The van der Waals surface area contributed by atoms with E-state index in [4.69, 9.17) is 0 Å². The van der Waals surface area contributed by atoms with Crippen molar-refractivity contribution in [2.24, 2.45) is 0 Å². The third-order valence-corrected chi connectivity index (χ3v) is 7.41. The normalized spacial score (nSPS) is 12.0. The van der Waals surface area contributed by atoms with Crippen LogP contribution in [0.4, 0.5) is 0 Å². The first-order valence-corrected chi connectivity index (χ1v) is 14.5. The van der Waals surface area contributed by atoms with Gasteiger partial charge < -0.3 is 42.9 Å². The summed E-state index contributed by atoms with van der Waals surface area (Å²) in [5.41, 5.74) is 0. The smallest absolute Gasteiger partial charge is 0.0911 e. The lowest BCUT2D eigenvalue weighted by Crippen LogP contribution is -3.00. The Morgan fingerprint density at radius 2 is 0.676 bits per heavy atom. The molecule has 5 heteroatoms. The molecule has 0 aliphatic carbocycles. The van der Waals surface area contributed by atoms with Gasteiger partial charge in [0.15, 0.2) is 0 Å². The molecule has 210 valence electrons. The maximum Gasteiger partial charge on any atom is 0.0911 e. The van der Waals surface area contributed by atoms with Crippen molar-refractivity contribution in [1.82, 2.24) is 4.90 Å². The summed E-state index contributed by atoms with van der Waals surface area (Å²) in [4.78, 5) is 2.57. The van der Waals surface area contributed by atoms with Gasteiger partial charge in [0, 0.05) is 13.1 Å². The standard InChI is InChI=1S/C29H65N3.2BrH/c1-8-10-12-14-16-18-20-22-26-31(4,5)28-24-30(3)25-29-32(6,7)27-23-21-19-17-15-13-11-9-2;;/h8-29H2,1-7H3;2*1H/q+2;;/p-2. The van der Waals surface area contributed by atoms with E-state index in [0.29, 0.717) is 0 Å². The van der Waals surface area contributed by atoms with E-state index in [1.54, 1.807) is 0 Å². The molecule has 0 aromatic rings. The fourth-order valence-corrected chi connectivity index (χ4v) is 4.57. The van der Waals surface area contributed by atoms with Crippen LogP contribution >= 0.6 is 0 Å². The molecule has 0 saturated heterocycles. The molecule has 0 aromatic heterocycles. The molecular weight excluding hydrogens is 550 g/mol. The fourth-order valence-electron chi connectivity index (χ4n) is 4.57. The number of halogens is 2. The topological polar surface area (TPSA) is 3.24 Å². The lowest BCUT2D eigenvalue weighted by molar-refractivity contribution is -0.892. The predicted molar refractivity (Wildman–Crippen MR) is 146 cm³/mol. The van der Waals surface area contributed by atoms with Gasteiger partial charge in [0.2, 0.25) is 0 Å². The van der Waals surface area contributed by atoms with Crippen LogP contribution in [0.25, 0.3) is 0 Å². The van der Waals surface area contributed by atoms with Crippen molar-refractivity contribution in [3.63, 3.8) is 0 Å². The summed E-state index contributed by atoms with van der Waals surface area (Å²) >= 11 is 0. The number of hydrogen-bond donors (Lipinski definition) is 0. The molecule has 0 bridgehead atoms. The molecule has 0 unspecified atom stereocenters. The van der Waals surface area contributed by atoms with E-state index in [0.717, 1.165) is 0 Å². The van der Waals surface area contributed by atoms with E-state index in [-0.39, 0.29) is 34.0 Å². The Kier molecular flexibility index (Phi) is 29.5. The van der Waals surface area contributed by atoms with Crippen LogP contribution in [-0.2, 0) is 0 Å². The predicted octanol–water partition coefficient (Wildman–Crippen LogP) is 1.36. The first kappa shape index (κ1) is 39.4. The zero-order valence-electron chi connectivity index (χ0n) is 24.7. The van der Waals surface area contributed by atoms with Crippen molar-refractivity contribution in [2.45, 2.75) is 117 Å². The van der Waals surface area contributed by atoms with Crippen LogP contribution in [0.3, 0.4) is 0 Å². The van der Waals surface area contributed by atoms with E-state index in [9.17, 15) is 0 Å². The molecule has 0 fully saturated rings. The van der Waals surface area contributed by atoms with Crippen LogP contribution in [-0.4, -0.2) is 88.4 Å². The van der Waals surface area contributed by atoms with E-state index in [1.807, 2.05) is 0 Å². The van der Waals surface area contributed by atoms with Gasteiger partial charge in [0.05, 0.1) is 54.4 Å². The number of unbranched alkanes of at least 4 members (excludes halogenated alkanes) is 14. The second kappa shape index (κ2) is 25.5. The minimum Gasteiger partial charge on any atom is -1.00 e. The zero-order chi connectivity index (χ0) is 24.1. The second-order valence-corrected chi connectivity index (χ2v) is 12.0. The number of quaternary nitrogens is 2. The van der Waals surface area contributed by atoms with Crippen molar-refractivity contribution < 1.29 is 42.9 Å². The maximum atomic E-state index is 2.57. The van der Waals surface area contributed by atoms with Gasteiger partial charge in [-0.1, -0.05) is 90.9 Å². The van der Waals surface area contributed by atoms with Crippen LogP contribution < -0.4 is 34.0 Å². The summed E-state index contributed by atoms with van der Waals surface area (Å²) in [5, 5.41) is 0. The van der Waals surface area contributed by atoms with E-state index >= 15 is 0 Å². The first-order chi connectivity index (χ1) is 15.2. The summed E-state index contributed by atoms with van der Waals surface area (Å²) in [6.45, 7) is 12.3. The molecule has 0 spiro atoms. The van der Waals surface area contributed by atoms with Crippen LogP contribution in [0.15, 0.2) is 0 Å². The molecule has 0 aliphatic rings. The Balaban J connectivity index is -0.00000480. The molecule has 0 radical (unpaired) electrons. The summed E-state index contributed by atoms with van der Waals surface area (Å²) < 4.78 is 2.35. The SMILES string of the molecule is CCCCCCCCCC[N+](C)(C)CCN(C)CC[N+](C)(C)CCCCCCCCCC.[Br-].[Br-]. The average Bonchev–Trinajstić information content (AvgIpc) is 2.74. The molecule has 0 heterocycles. The van der Waals surface area contributed by atoms with Crippen molar-refractivity contribution in [3.05, 3.63) is 0 Å². The molecule has 3 nitrogen and oxygen atoms in total. The molecule has 0 atom stereocenters. The van der Waals surface area contributed by atoms with Crippen LogP contribution in [0.1, 0.15) is 117 Å². The fraction of sp³-hybridized carbons (Fsp3) is 1.00. The summed E-state index contributed by atoms with van der Waals surface area (Å²) in [5.74, 6) is 0. The van der Waals surface area contributed by atoms with Gasteiger partial charge in [-0.15, -0.1) is 0 Å². The highest BCUT2D eigenvalue weighted by atomic mass is 79.9. The number of nitrogens with zero attached hydrogens (tertiary/aromatic N) is 3. The molecule has 0 aliphatic heterocycles. The van der Waals surface area contributed by atoms with E-state index in [1.165, 1.54) is 151 Å². The quantitative estimate of drug-likeness (QED) is 0.117. The van der Waals surface area contributed by atoms with Gasteiger partial charge >= 0.3 is 0 Å². The average molecular weight is 616 g/mol. The van der Waals surface area contributed by atoms with Gasteiger partial charge in [-0.05, 0) is 32.7 Å². The Labute approximate surface area is 238 Å². The van der Waals surface area contributed by atoms with Gasteiger partial charge in [-0.3, -0.25) is 4.90 Å².